The van der Waals surface area contributed by atoms with Crippen molar-refractivity contribution in [2.24, 2.45) is 5.10 Å². The van der Waals surface area contributed by atoms with Crippen molar-refractivity contribution in [2.45, 2.75) is 0 Å². The highest BCUT2D eigenvalue weighted by Crippen LogP contribution is 2.33. The molecule has 0 unspecified atom stereocenters. The summed E-state index contributed by atoms with van der Waals surface area (Å²) in [5.74, 6) is 0.454. The van der Waals surface area contributed by atoms with Gasteiger partial charge >= 0.3 is 0 Å². The first-order valence-electron chi connectivity index (χ1n) is 4.62. The van der Waals surface area contributed by atoms with E-state index >= 15 is 0 Å². The van der Waals surface area contributed by atoms with Gasteiger partial charge in [-0.15, -0.1) is 10.2 Å². The zero-order valence-corrected chi connectivity index (χ0v) is 10.4. The smallest absolute Gasteiger partial charge is 0.156 e. The molecule has 0 bridgehead atoms. The first kappa shape index (κ1) is 11.9. The average Bonchev–Trinajstić information content (AvgIpc) is 2.79. The molecule has 0 atom stereocenters. The van der Waals surface area contributed by atoms with Crippen LogP contribution in [0.2, 0.25) is 10.0 Å². The molecule has 0 saturated heterocycles. The molecule has 1 aromatic heterocycles. The van der Waals surface area contributed by atoms with Gasteiger partial charge in [-0.05, 0) is 17.7 Å². The van der Waals surface area contributed by atoms with Gasteiger partial charge in [0.1, 0.15) is 12.7 Å². The Balaban J connectivity index is 2.29. The highest BCUT2D eigenvalue weighted by atomic mass is 35.5. The van der Waals surface area contributed by atoms with Crippen LogP contribution >= 0.6 is 23.2 Å². The molecule has 0 aliphatic heterocycles. The summed E-state index contributed by atoms with van der Waals surface area (Å²) < 4.78 is 6.51. The lowest BCUT2D eigenvalue weighted by molar-refractivity contribution is 0.415. The largest absolute Gasteiger partial charge is 0.494 e. The van der Waals surface area contributed by atoms with Gasteiger partial charge in [-0.1, -0.05) is 23.2 Å². The van der Waals surface area contributed by atoms with Gasteiger partial charge in [0, 0.05) is 0 Å². The SMILES string of the molecule is COc1c(Cl)cc(/C=N\n2cnnc2)cc1Cl. The zero-order chi connectivity index (χ0) is 12.3. The van der Waals surface area contributed by atoms with E-state index < -0.39 is 0 Å². The number of aromatic nitrogens is 3. The quantitative estimate of drug-likeness (QED) is 0.806. The van der Waals surface area contributed by atoms with E-state index in [0.717, 1.165) is 5.56 Å². The van der Waals surface area contributed by atoms with E-state index in [0.29, 0.717) is 15.8 Å². The minimum absolute atomic E-state index is 0.435. The fourth-order valence-electron chi connectivity index (χ4n) is 1.24. The van der Waals surface area contributed by atoms with Crippen molar-refractivity contribution in [1.82, 2.24) is 14.9 Å². The van der Waals surface area contributed by atoms with Gasteiger partial charge in [-0.2, -0.15) is 5.10 Å². The van der Waals surface area contributed by atoms with Crippen LogP contribution in [0.15, 0.2) is 29.9 Å². The molecule has 0 N–H and O–H groups in total. The lowest BCUT2D eigenvalue weighted by Gasteiger charge is -2.05. The Morgan fingerprint density at radius 1 is 1.24 bits per heavy atom. The maximum atomic E-state index is 5.99. The van der Waals surface area contributed by atoms with Crippen LogP contribution in [0.5, 0.6) is 5.75 Å². The minimum atomic E-state index is 0.435. The number of rotatable bonds is 3. The van der Waals surface area contributed by atoms with E-state index in [9.17, 15) is 0 Å². The van der Waals surface area contributed by atoms with Crippen LogP contribution < -0.4 is 4.74 Å². The Morgan fingerprint density at radius 3 is 2.35 bits per heavy atom. The standard InChI is InChI=1S/C10H8Cl2N4O/c1-17-10-8(11)2-7(3-9(10)12)4-15-16-5-13-14-6-16/h2-6H,1H3/b15-4-. The maximum absolute atomic E-state index is 5.99. The number of halogens is 2. The van der Waals surface area contributed by atoms with Crippen LogP contribution in [0.3, 0.4) is 0 Å². The molecule has 0 fully saturated rings. The van der Waals surface area contributed by atoms with Gasteiger partial charge < -0.3 is 4.74 Å². The molecule has 7 heteroatoms. The predicted molar refractivity (Wildman–Crippen MR) is 66.0 cm³/mol. The highest BCUT2D eigenvalue weighted by Gasteiger charge is 2.07. The monoisotopic (exact) mass is 270 g/mol. The summed E-state index contributed by atoms with van der Waals surface area (Å²) in [7, 11) is 1.51. The summed E-state index contributed by atoms with van der Waals surface area (Å²) in [6.07, 6.45) is 4.55. The third kappa shape index (κ3) is 2.75. The second-order valence-corrected chi connectivity index (χ2v) is 3.92. The number of nitrogens with zero attached hydrogens (tertiary/aromatic N) is 4. The summed E-state index contributed by atoms with van der Waals surface area (Å²) in [6, 6.07) is 3.42. The average molecular weight is 271 g/mol. The number of hydrogen-bond donors (Lipinski definition) is 0. The topological polar surface area (TPSA) is 52.3 Å². The van der Waals surface area contributed by atoms with Gasteiger partial charge in [-0.3, -0.25) is 0 Å². The highest BCUT2D eigenvalue weighted by molar-refractivity contribution is 6.37. The van der Waals surface area contributed by atoms with E-state index in [4.69, 9.17) is 27.9 Å². The van der Waals surface area contributed by atoms with Crippen molar-refractivity contribution in [2.75, 3.05) is 7.11 Å². The Labute approximate surface area is 108 Å². The van der Waals surface area contributed by atoms with Gasteiger partial charge in [0.25, 0.3) is 0 Å². The van der Waals surface area contributed by atoms with Crippen molar-refractivity contribution in [3.63, 3.8) is 0 Å². The molecule has 0 saturated carbocycles. The van der Waals surface area contributed by atoms with E-state index in [-0.39, 0.29) is 0 Å². The number of benzene rings is 1. The lowest BCUT2D eigenvalue weighted by atomic mass is 10.2. The van der Waals surface area contributed by atoms with Crippen LogP contribution in [0.25, 0.3) is 0 Å². The molecule has 2 aromatic rings. The van der Waals surface area contributed by atoms with Crippen LogP contribution in [0.4, 0.5) is 0 Å². The van der Waals surface area contributed by atoms with E-state index in [2.05, 4.69) is 15.3 Å². The fraction of sp³-hybridized carbons (Fsp3) is 0.100. The zero-order valence-electron chi connectivity index (χ0n) is 8.84. The normalized spacial score (nSPS) is 11.0. The Kier molecular flexibility index (Phi) is 3.61. The Hall–Kier alpha value is -1.59. The van der Waals surface area contributed by atoms with Gasteiger partial charge in [0.05, 0.1) is 23.4 Å². The number of ether oxygens (including phenoxy) is 1. The van der Waals surface area contributed by atoms with Crippen molar-refractivity contribution < 1.29 is 4.74 Å². The lowest BCUT2D eigenvalue weighted by Crippen LogP contribution is -1.91. The van der Waals surface area contributed by atoms with Gasteiger partial charge in [0.15, 0.2) is 5.75 Å². The molecule has 0 amide bonds. The fourth-order valence-corrected chi connectivity index (χ4v) is 1.90. The van der Waals surface area contributed by atoms with Crippen molar-refractivity contribution in [1.29, 1.82) is 0 Å². The van der Waals surface area contributed by atoms with Gasteiger partial charge in [0.2, 0.25) is 0 Å². The number of methoxy groups -OCH3 is 1. The first-order valence-corrected chi connectivity index (χ1v) is 5.38. The summed E-state index contributed by atoms with van der Waals surface area (Å²) in [4.78, 5) is 0. The molecule has 2 rings (SSSR count). The summed E-state index contributed by atoms with van der Waals surface area (Å²) in [6.45, 7) is 0. The number of hydrogen-bond acceptors (Lipinski definition) is 4. The molecule has 0 radical (unpaired) electrons. The predicted octanol–water partition coefficient (Wildman–Crippen LogP) is 2.48. The molecule has 0 aliphatic carbocycles. The molecule has 5 nitrogen and oxygen atoms in total. The molecule has 1 aromatic carbocycles. The third-order valence-electron chi connectivity index (χ3n) is 1.97. The van der Waals surface area contributed by atoms with E-state index in [1.165, 1.54) is 24.4 Å². The summed E-state index contributed by atoms with van der Waals surface area (Å²) in [5.41, 5.74) is 0.759. The van der Waals surface area contributed by atoms with E-state index in [1.54, 1.807) is 18.3 Å². The molecular formula is C10H8Cl2N4O. The Morgan fingerprint density at radius 2 is 1.82 bits per heavy atom. The molecular weight excluding hydrogens is 263 g/mol. The molecule has 0 spiro atoms. The molecule has 88 valence electrons. The molecule has 0 aliphatic rings. The second kappa shape index (κ2) is 5.16. The van der Waals surface area contributed by atoms with Crippen LogP contribution in [-0.2, 0) is 0 Å². The van der Waals surface area contributed by atoms with E-state index in [1.807, 2.05) is 0 Å². The van der Waals surface area contributed by atoms with Gasteiger partial charge in [-0.25, -0.2) is 4.68 Å². The summed E-state index contributed by atoms with van der Waals surface area (Å²) in [5, 5.41) is 12.2. The van der Waals surface area contributed by atoms with Crippen molar-refractivity contribution in [3.05, 3.63) is 40.4 Å². The van der Waals surface area contributed by atoms with Crippen LogP contribution in [0, 0.1) is 0 Å². The minimum Gasteiger partial charge on any atom is -0.494 e. The molecule has 1 heterocycles. The van der Waals surface area contributed by atoms with Crippen molar-refractivity contribution in [3.8, 4) is 5.75 Å². The summed E-state index contributed by atoms with van der Waals surface area (Å²) >= 11 is 12.0. The first-order chi connectivity index (χ1) is 8.20. The van der Waals surface area contributed by atoms with Crippen LogP contribution in [-0.4, -0.2) is 28.2 Å². The Bertz CT molecular complexity index is 516. The third-order valence-corrected chi connectivity index (χ3v) is 2.53. The van der Waals surface area contributed by atoms with Crippen molar-refractivity contribution >= 4 is 29.4 Å². The maximum Gasteiger partial charge on any atom is 0.156 e. The van der Waals surface area contributed by atoms with Crippen LogP contribution in [0.1, 0.15) is 5.56 Å². The second-order valence-electron chi connectivity index (χ2n) is 3.10. The molecule has 17 heavy (non-hydrogen) atoms.